The SMILES string of the molecule is CC1(O)CCN(Cc2ccc3ccccc3n2)C1. The molecule has 94 valence electrons. The number of para-hydroxylation sites is 1. The molecule has 2 aromatic rings. The minimum absolute atomic E-state index is 0.531. The first-order chi connectivity index (χ1) is 8.62. The molecule has 3 nitrogen and oxygen atoms in total. The van der Waals surface area contributed by atoms with Gasteiger partial charge in [-0.2, -0.15) is 0 Å². The zero-order chi connectivity index (χ0) is 12.6. The molecular formula is C15H18N2O. The highest BCUT2D eigenvalue weighted by atomic mass is 16.3. The van der Waals surface area contributed by atoms with Gasteiger partial charge in [-0.05, 0) is 25.5 Å². The predicted molar refractivity (Wildman–Crippen MR) is 72.3 cm³/mol. The van der Waals surface area contributed by atoms with Gasteiger partial charge in [0.25, 0.3) is 0 Å². The van der Waals surface area contributed by atoms with Crippen molar-refractivity contribution in [3.05, 3.63) is 42.1 Å². The highest BCUT2D eigenvalue weighted by Crippen LogP contribution is 2.22. The molecule has 1 atom stereocenters. The fourth-order valence-corrected chi connectivity index (χ4v) is 2.60. The summed E-state index contributed by atoms with van der Waals surface area (Å²) in [5.74, 6) is 0. The lowest BCUT2D eigenvalue weighted by molar-refractivity contribution is 0.0677. The van der Waals surface area contributed by atoms with E-state index in [1.807, 2.05) is 25.1 Å². The molecule has 3 rings (SSSR count). The number of pyridine rings is 1. The van der Waals surface area contributed by atoms with Crippen molar-refractivity contribution in [2.45, 2.75) is 25.5 Å². The summed E-state index contributed by atoms with van der Waals surface area (Å²) in [5, 5.41) is 11.1. The van der Waals surface area contributed by atoms with Crippen LogP contribution in [-0.4, -0.2) is 33.7 Å². The van der Waals surface area contributed by atoms with Gasteiger partial charge in [0, 0.05) is 25.0 Å². The largest absolute Gasteiger partial charge is 0.389 e. The number of hydrogen-bond acceptors (Lipinski definition) is 3. The molecule has 3 heteroatoms. The van der Waals surface area contributed by atoms with E-state index in [0.717, 1.165) is 37.3 Å². The summed E-state index contributed by atoms with van der Waals surface area (Å²) in [4.78, 5) is 6.92. The standard InChI is InChI=1S/C15H18N2O/c1-15(18)8-9-17(11-15)10-13-7-6-12-4-2-3-5-14(12)16-13/h2-7,18H,8-11H2,1H3. The van der Waals surface area contributed by atoms with Crippen LogP contribution in [0.4, 0.5) is 0 Å². The Morgan fingerprint density at radius 2 is 2.11 bits per heavy atom. The number of aromatic nitrogens is 1. The second kappa shape index (κ2) is 4.34. The summed E-state index contributed by atoms with van der Waals surface area (Å²) in [6.07, 6.45) is 0.848. The Bertz CT molecular complexity index is 565. The van der Waals surface area contributed by atoms with Gasteiger partial charge in [0.15, 0.2) is 0 Å². The smallest absolute Gasteiger partial charge is 0.0758 e. The van der Waals surface area contributed by atoms with Crippen molar-refractivity contribution < 1.29 is 5.11 Å². The summed E-state index contributed by atoms with van der Waals surface area (Å²) < 4.78 is 0. The topological polar surface area (TPSA) is 36.4 Å². The number of hydrogen-bond donors (Lipinski definition) is 1. The molecule has 1 aliphatic rings. The van der Waals surface area contributed by atoms with E-state index in [1.165, 1.54) is 5.39 Å². The molecule has 0 saturated carbocycles. The summed E-state index contributed by atoms with van der Waals surface area (Å²) in [6, 6.07) is 12.4. The Morgan fingerprint density at radius 3 is 2.89 bits per heavy atom. The Kier molecular flexibility index (Phi) is 2.80. The molecule has 0 amide bonds. The number of β-amino-alcohol motifs (C(OH)–C–C–N with tert-alkyl or cyclic N) is 1. The lowest BCUT2D eigenvalue weighted by Gasteiger charge is -2.18. The second-order valence-corrected chi connectivity index (χ2v) is 5.45. The molecule has 18 heavy (non-hydrogen) atoms. The third-order valence-electron chi connectivity index (χ3n) is 3.57. The molecular weight excluding hydrogens is 224 g/mol. The highest BCUT2D eigenvalue weighted by molar-refractivity contribution is 5.78. The van der Waals surface area contributed by atoms with E-state index in [1.54, 1.807) is 0 Å². The van der Waals surface area contributed by atoms with Gasteiger partial charge < -0.3 is 5.11 Å². The minimum Gasteiger partial charge on any atom is -0.389 e. The number of aliphatic hydroxyl groups is 1. The van der Waals surface area contributed by atoms with E-state index in [-0.39, 0.29) is 0 Å². The number of rotatable bonds is 2. The average molecular weight is 242 g/mol. The molecule has 1 N–H and O–H groups in total. The average Bonchev–Trinajstić information content (AvgIpc) is 2.68. The molecule has 2 heterocycles. The molecule has 0 aliphatic carbocycles. The van der Waals surface area contributed by atoms with E-state index in [9.17, 15) is 5.11 Å². The number of fused-ring (bicyclic) bond motifs is 1. The lowest BCUT2D eigenvalue weighted by atomic mass is 10.1. The molecule has 1 fully saturated rings. The zero-order valence-electron chi connectivity index (χ0n) is 10.6. The maximum absolute atomic E-state index is 9.95. The Hall–Kier alpha value is -1.45. The van der Waals surface area contributed by atoms with Crippen LogP contribution < -0.4 is 0 Å². The van der Waals surface area contributed by atoms with Crippen LogP contribution in [0.3, 0.4) is 0 Å². The number of nitrogens with zero attached hydrogens (tertiary/aromatic N) is 2. The van der Waals surface area contributed by atoms with Crippen LogP contribution in [0.15, 0.2) is 36.4 Å². The lowest BCUT2D eigenvalue weighted by Crippen LogP contribution is -2.29. The van der Waals surface area contributed by atoms with Crippen molar-refractivity contribution in [2.24, 2.45) is 0 Å². The van der Waals surface area contributed by atoms with Gasteiger partial charge in [0.2, 0.25) is 0 Å². The van der Waals surface area contributed by atoms with E-state index < -0.39 is 5.60 Å². The molecule has 1 aromatic carbocycles. The van der Waals surface area contributed by atoms with E-state index >= 15 is 0 Å². The Labute approximate surface area is 107 Å². The summed E-state index contributed by atoms with van der Waals surface area (Å²) in [6.45, 7) is 4.41. The van der Waals surface area contributed by atoms with E-state index in [2.05, 4.69) is 28.1 Å². The van der Waals surface area contributed by atoms with Crippen LogP contribution in [0.5, 0.6) is 0 Å². The molecule has 1 unspecified atom stereocenters. The third kappa shape index (κ3) is 2.37. The van der Waals surface area contributed by atoms with Crippen molar-refractivity contribution in [1.29, 1.82) is 0 Å². The molecule has 0 bridgehead atoms. The molecule has 1 aliphatic heterocycles. The first-order valence-corrected chi connectivity index (χ1v) is 6.42. The first-order valence-electron chi connectivity index (χ1n) is 6.42. The van der Waals surface area contributed by atoms with Gasteiger partial charge in [-0.25, -0.2) is 0 Å². The molecule has 1 aromatic heterocycles. The Balaban J connectivity index is 1.79. The predicted octanol–water partition coefficient (Wildman–Crippen LogP) is 2.19. The number of benzene rings is 1. The summed E-state index contributed by atoms with van der Waals surface area (Å²) >= 11 is 0. The van der Waals surface area contributed by atoms with Gasteiger partial charge >= 0.3 is 0 Å². The highest BCUT2D eigenvalue weighted by Gasteiger charge is 2.31. The normalized spacial score (nSPS) is 24.8. The fourth-order valence-electron chi connectivity index (χ4n) is 2.60. The second-order valence-electron chi connectivity index (χ2n) is 5.45. The van der Waals surface area contributed by atoms with Gasteiger partial charge in [0.1, 0.15) is 0 Å². The summed E-state index contributed by atoms with van der Waals surface area (Å²) in [7, 11) is 0. The van der Waals surface area contributed by atoms with Crippen LogP contribution in [0, 0.1) is 0 Å². The van der Waals surface area contributed by atoms with Crippen LogP contribution in [-0.2, 0) is 6.54 Å². The van der Waals surface area contributed by atoms with Crippen LogP contribution >= 0.6 is 0 Å². The van der Waals surface area contributed by atoms with E-state index in [0.29, 0.717) is 0 Å². The van der Waals surface area contributed by atoms with Crippen molar-refractivity contribution in [3.8, 4) is 0 Å². The fraction of sp³-hybridized carbons (Fsp3) is 0.400. The molecule has 0 spiro atoms. The van der Waals surface area contributed by atoms with Crippen molar-refractivity contribution in [3.63, 3.8) is 0 Å². The monoisotopic (exact) mass is 242 g/mol. The quantitative estimate of drug-likeness (QED) is 0.877. The maximum Gasteiger partial charge on any atom is 0.0758 e. The van der Waals surface area contributed by atoms with Crippen molar-refractivity contribution in [1.82, 2.24) is 9.88 Å². The van der Waals surface area contributed by atoms with Crippen LogP contribution in [0.1, 0.15) is 19.0 Å². The number of likely N-dealkylation sites (tertiary alicyclic amines) is 1. The maximum atomic E-state index is 9.95. The van der Waals surface area contributed by atoms with Crippen molar-refractivity contribution >= 4 is 10.9 Å². The minimum atomic E-state index is -0.531. The Morgan fingerprint density at radius 1 is 1.28 bits per heavy atom. The van der Waals surface area contributed by atoms with Crippen LogP contribution in [0.2, 0.25) is 0 Å². The third-order valence-corrected chi connectivity index (χ3v) is 3.57. The van der Waals surface area contributed by atoms with Crippen LogP contribution in [0.25, 0.3) is 10.9 Å². The zero-order valence-corrected chi connectivity index (χ0v) is 10.6. The van der Waals surface area contributed by atoms with Gasteiger partial charge in [-0.15, -0.1) is 0 Å². The molecule has 1 saturated heterocycles. The van der Waals surface area contributed by atoms with Crippen molar-refractivity contribution in [2.75, 3.05) is 13.1 Å². The molecule has 0 radical (unpaired) electrons. The van der Waals surface area contributed by atoms with E-state index in [4.69, 9.17) is 0 Å². The summed E-state index contributed by atoms with van der Waals surface area (Å²) in [5.41, 5.74) is 1.59. The first kappa shape index (κ1) is 11.6. The van der Waals surface area contributed by atoms with Gasteiger partial charge in [0.05, 0.1) is 16.8 Å². The van der Waals surface area contributed by atoms with Gasteiger partial charge in [-0.1, -0.05) is 24.3 Å². The van der Waals surface area contributed by atoms with Gasteiger partial charge in [-0.3, -0.25) is 9.88 Å².